The molecule has 0 aliphatic heterocycles. The van der Waals surface area contributed by atoms with Gasteiger partial charge in [0.25, 0.3) is 5.91 Å². The number of nitrogens with zero attached hydrogens (tertiary/aromatic N) is 2. The number of carbonyl (C=O) groups excluding carboxylic acids is 1. The molecule has 1 aromatic heterocycles. The van der Waals surface area contributed by atoms with Crippen molar-refractivity contribution in [3.05, 3.63) is 45.6 Å². The Bertz CT molecular complexity index is 591. The zero-order valence-corrected chi connectivity index (χ0v) is 11.7. The smallest absolute Gasteiger partial charge is 0.271 e. The molecule has 19 heavy (non-hydrogen) atoms. The van der Waals surface area contributed by atoms with E-state index in [0.29, 0.717) is 22.3 Å². The normalized spacial score (nSPS) is 10.5. The maximum Gasteiger partial charge on any atom is 0.271 e. The minimum atomic E-state index is -0.208. The Hall–Kier alpha value is -1.72. The molecule has 1 amide bonds. The highest BCUT2D eigenvalue weighted by molar-refractivity contribution is 6.34. The summed E-state index contributed by atoms with van der Waals surface area (Å²) in [6.45, 7) is 0.387. The Labute approximate surface area is 120 Å². The zero-order chi connectivity index (χ0) is 14.0. The third kappa shape index (κ3) is 3.39. The fourth-order valence-electron chi connectivity index (χ4n) is 1.70. The number of benzene rings is 1. The van der Waals surface area contributed by atoms with Crippen molar-refractivity contribution in [2.75, 3.05) is 12.8 Å². The number of halogens is 2. The van der Waals surface area contributed by atoms with Gasteiger partial charge in [0.15, 0.2) is 0 Å². The van der Waals surface area contributed by atoms with Gasteiger partial charge in [-0.25, -0.2) is 0 Å². The number of nitrogens with two attached hydrogens (primary N) is 1. The SMILES string of the molecule is CN(Cc1cc(Cl)cc(Cl)c1)C(=O)c1cc(N)n[nH]1. The van der Waals surface area contributed by atoms with E-state index in [1.807, 2.05) is 0 Å². The Kier molecular flexibility index (Phi) is 3.97. The van der Waals surface area contributed by atoms with Crippen LogP contribution in [0.15, 0.2) is 24.3 Å². The minimum absolute atomic E-state index is 0.208. The summed E-state index contributed by atoms with van der Waals surface area (Å²) in [7, 11) is 1.67. The molecule has 0 radical (unpaired) electrons. The number of hydrogen-bond acceptors (Lipinski definition) is 3. The first kappa shape index (κ1) is 13.7. The predicted molar refractivity (Wildman–Crippen MR) is 75.3 cm³/mol. The number of nitrogen functional groups attached to an aromatic ring is 1. The topological polar surface area (TPSA) is 75.0 Å². The van der Waals surface area contributed by atoms with Gasteiger partial charge in [-0.15, -0.1) is 0 Å². The molecule has 0 bridgehead atoms. The van der Waals surface area contributed by atoms with Crippen LogP contribution in [0.25, 0.3) is 0 Å². The van der Waals surface area contributed by atoms with E-state index in [1.165, 1.54) is 11.0 Å². The van der Waals surface area contributed by atoms with Crippen LogP contribution in [0.4, 0.5) is 5.82 Å². The van der Waals surface area contributed by atoms with E-state index in [0.717, 1.165) is 5.56 Å². The third-order valence-electron chi connectivity index (χ3n) is 2.52. The summed E-state index contributed by atoms with van der Waals surface area (Å²) in [6.07, 6.45) is 0. The van der Waals surface area contributed by atoms with Gasteiger partial charge in [0.2, 0.25) is 0 Å². The van der Waals surface area contributed by atoms with Crippen molar-refractivity contribution in [3.8, 4) is 0 Å². The Balaban J connectivity index is 2.12. The first-order chi connectivity index (χ1) is 8.95. The lowest BCUT2D eigenvalue weighted by molar-refractivity contribution is 0.0779. The summed E-state index contributed by atoms with van der Waals surface area (Å²) in [5, 5.41) is 7.37. The third-order valence-corrected chi connectivity index (χ3v) is 2.95. The summed E-state index contributed by atoms with van der Waals surface area (Å²) in [4.78, 5) is 13.6. The fraction of sp³-hybridized carbons (Fsp3) is 0.167. The van der Waals surface area contributed by atoms with Crippen molar-refractivity contribution in [1.82, 2.24) is 15.1 Å². The zero-order valence-electron chi connectivity index (χ0n) is 10.2. The highest BCUT2D eigenvalue weighted by atomic mass is 35.5. The van der Waals surface area contributed by atoms with Gasteiger partial charge >= 0.3 is 0 Å². The van der Waals surface area contributed by atoms with Crippen molar-refractivity contribution in [2.45, 2.75) is 6.54 Å². The quantitative estimate of drug-likeness (QED) is 0.914. The lowest BCUT2D eigenvalue weighted by Gasteiger charge is -2.16. The molecule has 0 saturated heterocycles. The Morgan fingerprint density at radius 1 is 1.32 bits per heavy atom. The number of anilines is 1. The molecule has 2 aromatic rings. The average Bonchev–Trinajstić information content (AvgIpc) is 2.73. The van der Waals surface area contributed by atoms with Crippen LogP contribution in [-0.4, -0.2) is 28.1 Å². The van der Waals surface area contributed by atoms with Crippen molar-refractivity contribution in [3.63, 3.8) is 0 Å². The molecule has 5 nitrogen and oxygen atoms in total. The van der Waals surface area contributed by atoms with Gasteiger partial charge in [-0.05, 0) is 23.8 Å². The lowest BCUT2D eigenvalue weighted by atomic mass is 10.2. The maximum absolute atomic E-state index is 12.1. The second-order valence-electron chi connectivity index (χ2n) is 4.15. The van der Waals surface area contributed by atoms with Crippen LogP contribution in [0.3, 0.4) is 0 Å². The summed E-state index contributed by atoms with van der Waals surface area (Å²) in [5.74, 6) is 0.0721. The van der Waals surface area contributed by atoms with Crippen molar-refractivity contribution in [1.29, 1.82) is 0 Å². The highest BCUT2D eigenvalue weighted by Crippen LogP contribution is 2.20. The van der Waals surface area contributed by atoms with Crippen LogP contribution in [0.5, 0.6) is 0 Å². The molecule has 7 heteroatoms. The average molecular weight is 299 g/mol. The molecule has 0 aliphatic carbocycles. The van der Waals surface area contributed by atoms with Crippen LogP contribution >= 0.6 is 23.2 Å². The van der Waals surface area contributed by atoms with E-state index < -0.39 is 0 Å². The van der Waals surface area contributed by atoms with Crippen LogP contribution in [0.1, 0.15) is 16.1 Å². The molecule has 2 rings (SSSR count). The molecule has 0 atom stereocenters. The minimum Gasteiger partial charge on any atom is -0.382 e. The molecule has 0 fully saturated rings. The van der Waals surface area contributed by atoms with Crippen LogP contribution < -0.4 is 5.73 Å². The summed E-state index contributed by atoms with van der Waals surface area (Å²) in [5.41, 5.74) is 6.65. The van der Waals surface area contributed by atoms with Crippen LogP contribution in [0.2, 0.25) is 10.0 Å². The Morgan fingerprint density at radius 2 is 1.95 bits per heavy atom. The summed E-state index contributed by atoms with van der Waals surface area (Å²) >= 11 is 11.8. The van der Waals surface area contributed by atoms with Gasteiger partial charge < -0.3 is 10.6 Å². The van der Waals surface area contributed by atoms with Gasteiger partial charge in [-0.1, -0.05) is 23.2 Å². The number of rotatable bonds is 3. The number of carbonyl (C=O) groups is 1. The lowest BCUT2D eigenvalue weighted by Crippen LogP contribution is -2.26. The highest BCUT2D eigenvalue weighted by Gasteiger charge is 2.14. The summed E-state index contributed by atoms with van der Waals surface area (Å²) in [6, 6.07) is 6.66. The van der Waals surface area contributed by atoms with E-state index in [2.05, 4.69) is 10.2 Å². The largest absolute Gasteiger partial charge is 0.382 e. The van der Waals surface area contributed by atoms with Gasteiger partial charge in [0, 0.05) is 29.7 Å². The second-order valence-corrected chi connectivity index (χ2v) is 5.02. The standard InChI is InChI=1S/C12H12Cl2N4O/c1-18(12(19)10-5-11(15)17-16-10)6-7-2-8(13)4-9(14)3-7/h2-5H,6H2,1H3,(H3,15,16,17). The molecule has 100 valence electrons. The van der Waals surface area contributed by atoms with E-state index in [1.54, 1.807) is 25.2 Å². The fourth-order valence-corrected chi connectivity index (χ4v) is 2.27. The van der Waals surface area contributed by atoms with Crippen molar-refractivity contribution < 1.29 is 4.79 Å². The molecule has 0 aliphatic rings. The van der Waals surface area contributed by atoms with Gasteiger partial charge in [-0.2, -0.15) is 5.10 Å². The Morgan fingerprint density at radius 3 is 2.47 bits per heavy atom. The molecule has 1 aromatic carbocycles. The number of amides is 1. The first-order valence-corrected chi connectivity index (χ1v) is 6.22. The number of nitrogens with one attached hydrogen (secondary N) is 1. The van der Waals surface area contributed by atoms with E-state index >= 15 is 0 Å². The van der Waals surface area contributed by atoms with Gasteiger partial charge in [-0.3, -0.25) is 9.89 Å². The molecule has 0 spiro atoms. The van der Waals surface area contributed by atoms with Gasteiger partial charge in [0.05, 0.1) is 0 Å². The molecule has 1 heterocycles. The monoisotopic (exact) mass is 298 g/mol. The molecular formula is C12H12Cl2N4O. The number of aromatic nitrogens is 2. The predicted octanol–water partition coefficient (Wildman–Crippen LogP) is 2.57. The first-order valence-electron chi connectivity index (χ1n) is 5.47. The molecular weight excluding hydrogens is 287 g/mol. The second kappa shape index (κ2) is 5.50. The van der Waals surface area contributed by atoms with E-state index in [9.17, 15) is 4.79 Å². The molecule has 3 N–H and O–H groups in total. The van der Waals surface area contributed by atoms with Crippen LogP contribution in [0, 0.1) is 0 Å². The van der Waals surface area contributed by atoms with Crippen LogP contribution in [-0.2, 0) is 6.54 Å². The summed E-state index contributed by atoms with van der Waals surface area (Å²) < 4.78 is 0. The number of H-pyrrole nitrogens is 1. The number of aromatic amines is 1. The number of hydrogen-bond donors (Lipinski definition) is 2. The van der Waals surface area contributed by atoms with Crippen molar-refractivity contribution in [2.24, 2.45) is 0 Å². The maximum atomic E-state index is 12.1. The van der Waals surface area contributed by atoms with E-state index in [-0.39, 0.29) is 11.7 Å². The molecule has 0 saturated carbocycles. The molecule has 0 unspecified atom stereocenters. The van der Waals surface area contributed by atoms with E-state index in [4.69, 9.17) is 28.9 Å². The van der Waals surface area contributed by atoms with Gasteiger partial charge in [0.1, 0.15) is 11.5 Å². The van der Waals surface area contributed by atoms with Crippen molar-refractivity contribution >= 4 is 34.9 Å².